The van der Waals surface area contributed by atoms with Crippen LogP contribution < -0.4 is 5.32 Å². The second kappa shape index (κ2) is 5.65. The van der Waals surface area contributed by atoms with Crippen LogP contribution in [0.15, 0.2) is 12.4 Å². The van der Waals surface area contributed by atoms with Crippen molar-refractivity contribution in [3.8, 4) is 0 Å². The van der Waals surface area contributed by atoms with Crippen LogP contribution in [0.1, 0.15) is 39.4 Å². The third kappa shape index (κ3) is 3.73. The summed E-state index contributed by atoms with van der Waals surface area (Å²) in [5.41, 5.74) is 0.577. The van der Waals surface area contributed by atoms with Crippen LogP contribution in [0, 0.1) is 5.92 Å². The average molecular weight is 263 g/mol. The van der Waals surface area contributed by atoms with Crippen molar-refractivity contribution in [1.29, 1.82) is 0 Å². The Bertz CT molecular complexity index is 431. The highest BCUT2D eigenvalue weighted by molar-refractivity contribution is 5.92. The first-order valence-electron chi connectivity index (χ1n) is 6.68. The number of anilines is 1. The number of amides is 1. The lowest BCUT2D eigenvalue weighted by molar-refractivity contribution is -0.122. The Morgan fingerprint density at radius 3 is 2.37 bits per heavy atom. The first-order chi connectivity index (χ1) is 8.97. The summed E-state index contributed by atoms with van der Waals surface area (Å²) in [6, 6.07) is 0. The number of rotatable bonds is 2. The van der Waals surface area contributed by atoms with Gasteiger partial charge in [0.15, 0.2) is 0 Å². The number of aromatic nitrogens is 2. The van der Waals surface area contributed by atoms with Gasteiger partial charge in [0.1, 0.15) is 5.82 Å². The molecule has 0 bridgehead atoms. The molecule has 1 aliphatic heterocycles. The molecule has 0 saturated carbocycles. The van der Waals surface area contributed by atoms with Crippen molar-refractivity contribution >= 4 is 11.6 Å². The fraction of sp³-hybridized carbons (Fsp3) is 0.643. The highest BCUT2D eigenvalue weighted by Gasteiger charge is 2.22. The third-order valence-corrected chi connectivity index (χ3v) is 3.18. The van der Waals surface area contributed by atoms with E-state index in [1.165, 1.54) is 0 Å². The zero-order valence-electron chi connectivity index (χ0n) is 11.8. The maximum Gasteiger partial charge on any atom is 0.227 e. The highest BCUT2D eigenvalue weighted by Crippen LogP contribution is 2.20. The van der Waals surface area contributed by atoms with Gasteiger partial charge in [0.25, 0.3) is 0 Å². The lowest BCUT2D eigenvalue weighted by Crippen LogP contribution is -2.28. The zero-order valence-corrected chi connectivity index (χ0v) is 11.8. The minimum atomic E-state index is -0.0801. The highest BCUT2D eigenvalue weighted by atomic mass is 16.5. The van der Waals surface area contributed by atoms with Gasteiger partial charge in [-0.2, -0.15) is 0 Å². The molecule has 1 saturated heterocycles. The molecule has 0 spiro atoms. The number of hydrogen-bond acceptors (Lipinski definition) is 4. The summed E-state index contributed by atoms with van der Waals surface area (Å²) in [7, 11) is 0. The fourth-order valence-corrected chi connectivity index (χ4v) is 1.98. The number of carbonyl (C=O) groups is 1. The van der Waals surface area contributed by atoms with E-state index >= 15 is 0 Å². The molecule has 1 amide bonds. The summed E-state index contributed by atoms with van der Waals surface area (Å²) >= 11 is 0. The van der Waals surface area contributed by atoms with Gasteiger partial charge in [0.05, 0.1) is 18.1 Å². The summed E-state index contributed by atoms with van der Waals surface area (Å²) in [4.78, 5) is 20.6. The Balaban J connectivity index is 1.97. The molecule has 5 nitrogen and oxygen atoms in total. The minimum absolute atomic E-state index is 0.0374. The van der Waals surface area contributed by atoms with Crippen LogP contribution in [0.4, 0.5) is 5.69 Å². The Hall–Kier alpha value is -1.49. The number of carbonyl (C=O) groups excluding carboxylic acids is 1. The molecule has 104 valence electrons. The lowest BCUT2D eigenvalue weighted by atomic mass is 9.96. The van der Waals surface area contributed by atoms with Crippen LogP contribution in [0.3, 0.4) is 0 Å². The average Bonchev–Trinajstić information content (AvgIpc) is 2.39. The molecule has 0 radical (unpaired) electrons. The van der Waals surface area contributed by atoms with Gasteiger partial charge in [-0.25, -0.2) is 9.97 Å². The van der Waals surface area contributed by atoms with E-state index in [1.807, 2.05) is 0 Å². The van der Waals surface area contributed by atoms with Gasteiger partial charge in [-0.05, 0) is 12.8 Å². The summed E-state index contributed by atoms with van der Waals surface area (Å²) < 4.78 is 5.25. The van der Waals surface area contributed by atoms with E-state index in [0.29, 0.717) is 18.9 Å². The van der Waals surface area contributed by atoms with Gasteiger partial charge in [-0.15, -0.1) is 0 Å². The molecular weight excluding hydrogens is 242 g/mol. The SMILES string of the molecule is CC(C)(C)c1ncc(NC(=O)C2CCOCC2)cn1. The van der Waals surface area contributed by atoms with Crippen molar-refractivity contribution in [2.45, 2.75) is 39.0 Å². The molecule has 0 aromatic carbocycles. The van der Waals surface area contributed by atoms with Crippen molar-refractivity contribution in [1.82, 2.24) is 9.97 Å². The Morgan fingerprint density at radius 1 is 1.26 bits per heavy atom. The van der Waals surface area contributed by atoms with E-state index in [0.717, 1.165) is 18.7 Å². The van der Waals surface area contributed by atoms with Crippen molar-refractivity contribution in [2.75, 3.05) is 18.5 Å². The van der Waals surface area contributed by atoms with Crippen molar-refractivity contribution in [2.24, 2.45) is 5.92 Å². The van der Waals surface area contributed by atoms with Gasteiger partial charge in [0, 0.05) is 24.5 Å². The van der Waals surface area contributed by atoms with Gasteiger partial charge in [0.2, 0.25) is 5.91 Å². The molecule has 1 N–H and O–H groups in total. The number of nitrogens with one attached hydrogen (secondary N) is 1. The summed E-state index contributed by atoms with van der Waals surface area (Å²) in [5, 5.41) is 2.87. The van der Waals surface area contributed by atoms with Crippen molar-refractivity contribution in [3.05, 3.63) is 18.2 Å². The van der Waals surface area contributed by atoms with Crippen molar-refractivity contribution < 1.29 is 9.53 Å². The van der Waals surface area contributed by atoms with Gasteiger partial charge < -0.3 is 10.1 Å². The standard InChI is InChI=1S/C14H21N3O2/c1-14(2,3)13-15-8-11(9-16-13)17-12(18)10-4-6-19-7-5-10/h8-10H,4-7H2,1-3H3,(H,17,18). The summed E-state index contributed by atoms with van der Waals surface area (Å²) in [6.45, 7) is 7.50. The number of hydrogen-bond donors (Lipinski definition) is 1. The monoisotopic (exact) mass is 263 g/mol. The molecule has 2 heterocycles. The quantitative estimate of drug-likeness (QED) is 0.888. The summed E-state index contributed by atoms with van der Waals surface area (Å²) in [6.07, 6.45) is 4.91. The van der Waals surface area contributed by atoms with Crippen LogP contribution in [0.2, 0.25) is 0 Å². The lowest BCUT2D eigenvalue weighted by Gasteiger charge is -2.21. The van der Waals surface area contributed by atoms with Gasteiger partial charge >= 0.3 is 0 Å². The van der Waals surface area contributed by atoms with E-state index in [1.54, 1.807) is 12.4 Å². The van der Waals surface area contributed by atoms with E-state index in [-0.39, 0.29) is 17.2 Å². The Kier molecular flexibility index (Phi) is 4.14. The van der Waals surface area contributed by atoms with E-state index in [4.69, 9.17) is 4.74 Å². The summed E-state index contributed by atoms with van der Waals surface area (Å²) in [5.74, 6) is 0.850. The maximum atomic E-state index is 12.0. The van der Waals surface area contributed by atoms with Gasteiger partial charge in [-0.3, -0.25) is 4.79 Å². The smallest absolute Gasteiger partial charge is 0.227 e. The molecular formula is C14H21N3O2. The predicted octanol–water partition coefficient (Wildman–Crippen LogP) is 2.14. The molecule has 0 atom stereocenters. The zero-order chi connectivity index (χ0) is 13.9. The van der Waals surface area contributed by atoms with Gasteiger partial charge in [-0.1, -0.05) is 20.8 Å². The molecule has 0 unspecified atom stereocenters. The van der Waals surface area contributed by atoms with E-state index < -0.39 is 0 Å². The second-order valence-corrected chi connectivity index (χ2v) is 5.92. The predicted molar refractivity (Wildman–Crippen MR) is 72.9 cm³/mol. The molecule has 1 aliphatic rings. The maximum absolute atomic E-state index is 12.0. The number of nitrogens with zero attached hydrogens (tertiary/aromatic N) is 2. The first kappa shape index (κ1) is 13.9. The van der Waals surface area contributed by atoms with E-state index in [9.17, 15) is 4.79 Å². The van der Waals surface area contributed by atoms with E-state index in [2.05, 4.69) is 36.1 Å². The Morgan fingerprint density at radius 2 is 1.84 bits per heavy atom. The molecule has 2 rings (SSSR count). The van der Waals surface area contributed by atoms with Crippen LogP contribution in [-0.2, 0) is 14.9 Å². The Labute approximate surface area is 113 Å². The molecule has 19 heavy (non-hydrogen) atoms. The molecule has 5 heteroatoms. The minimum Gasteiger partial charge on any atom is -0.381 e. The van der Waals surface area contributed by atoms with Crippen LogP contribution >= 0.6 is 0 Å². The topological polar surface area (TPSA) is 64.1 Å². The largest absolute Gasteiger partial charge is 0.381 e. The number of ether oxygens (including phenoxy) is 1. The van der Waals surface area contributed by atoms with Crippen molar-refractivity contribution in [3.63, 3.8) is 0 Å². The molecule has 0 aliphatic carbocycles. The van der Waals surface area contributed by atoms with Crippen LogP contribution in [-0.4, -0.2) is 29.1 Å². The molecule has 1 aromatic rings. The normalized spacial score (nSPS) is 17.2. The van der Waals surface area contributed by atoms with Crippen LogP contribution in [0.5, 0.6) is 0 Å². The van der Waals surface area contributed by atoms with Crippen LogP contribution in [0.25, 0.3) is 0 Å². The first-order valence-corrected chi connectivity index (χ1v) is 6.68. The molecule has 1 fully saturated rings. The molecule has 1 aromatic heterocycles. The third-order valence-electron chi connectivity index (χ3n) is 3.18. The second-order valence-electron chi connectivity index (χ2n) is 5.92. The fourth-order valence-electron chi connectivity index (χ4n) is 1.98.